The van der Waals surface area contributed by atoms with Crippen LogP contribution in [0.25, 0.3) is 11.6 Å². The Morgan fingerprint density at radius 2 is 2.00 bits per heavy atom. The van der Waals surface area contributed by atoms with Gasteiger partial charge in [-0.05, 0) is 30.2 Å². The fraction of sp³-hybridized carbons (Fsp3) is 0.312. The van der Waals surface area contributed by atoms with Gasteiger partial charge in [-0.15, -0.1) is 0 Å². The van der Waals surface area contributed by atoms with Crippen LogP contribution in [0.5, 0.6) is 5.75 Å². The van der Waals surface area contributed by atoms with Crippen molar-refractivity contribution in [1.29, 1.82) is 0 Å². The summed E-state index contributed by atoms with van der Waals surface area (Å²) < 4.78 is 13.7. The number of hydrogen-bond acceptors (Lipinski definition) is 5. The molecule has 0 bridgehead atoms. The minimum atomic E-state index is -0.361. The Hall–Kier alpha value is -2.35. The molecule has 0 spiro atoms. The summed E-state index contributed by atoms with van der Waals surface area (Å²) in [5.74, 6) is 1.57. The van der Waals surface area contributed by atoms with Gasteiger partial charge in [-0.25, -0.2) is 4.79 Å². The highest BCUT2D eigenvalue weighted by Crippen LogP contribution is 2.28. The van der Waals surface area contributed by atoms with Crippen LogP contribution < -0.4 is 10.4 Å². The Labute approximate surface area is 146 Å². The number of halogens is 1. The van der Waals surface area contributed by atoms with Crippen molar-refractivity contribution in [2.24, 2.45) is 13.0 Å². The third-order valence-electron chi connectivity index (χ3n) is 3.60. The number of rotatable bonds is 5. The zero-order valence-corrected chi connectivity index (χ0v) is 15.1. The number of aromatic amines is 1. The largest absolute Gasteiger partial charge is 0.482 e. The van der Waals surface area contributed by atoms with Crippen LogP contribution >= 0.6 is 15.9 Å². The highest BCUT2D eigenvalue weighted by Gasteiger charge is 2.25. The lowest BCUT2D eigenvalue weighted by molar-refractivity contribution is 0.141. The van der Waals surface area contributed by atoms with Crippen molar-refractivity contribution in [2.75, 3.05) is 0 Å². The Morgan fingerprint density at radius 3 is 2.58 bits per heavy atom. The van der Waals surface area contributed by atoms with E-state index in [2.05, 4.69) is 31.1 Å². The number of nitrogens with one attached hydrogen (secondary N) is 1. The summed E-state index contributed by atoms with van der Waals surface area (Å²) in [6, 6.07) is 7.56. The number of imidazole rings is 1. The molecule has 8 heteroatoms. The van der Waals surface area contributed by atoms with Gasteiger partial charge in [0.1, 0.15) is 11.4 Å². The number of H-pyrrole nitrogens is 1. The summed E-state index contributed by atoms with van der Waals surface area (Å²) in [7, 11) is 1.64. The molecule has 0 amide bonds. The third-order valence-corrected chi connectivity index (χ3v) is 4.12. The highest BCUT2D eigenvalue weighted by atomic mass is 79.9. The first-order valence-corrected chi connectivity index (χ1v) is 8.25. The van der Waals surface area contributed by atoms with Gasteiger partial charge < -0.3 is 14.2 Å². The Kier molecular flexibility index (Phi) is 4.57. The fourth-order valence-electron chi connectivity index (χ4n) is 2.24. The van der Waals surface area contributed by atoms with Crippen LogP contribution in [0.15, 0.2) is 44.3 Å². The molecule has 24 heavy (non-hydrogen) atoms. The maximum atomic E-state index is 11.5. The van der Waals surface area contributed by atoms with Gasteiger partial charge in [0.2, 0.25) is 5.82 Å². The molecule has 0 fully saturated rings. The molecule has 0 saturated heterocycles. The van der Waals surface area contributed by atoms with Crippen LogP contribution in [-0.2, 0) is 7.05 Å². The Morgan fingerprint density at radius 1 is 1.29 bits per heavy atom. The third kappa shape index (κ3) is 3.28. The zero-order chi connectivity index (χ0) is 17.3. The van der Waals surface area contributed by atoms with Gasteiger partial charge in [0, 0.05) is 17.7 Å². The predicted molar refractivity (Wildman–Crippen MR) is 91.7 cm³/mol. The molecule has 126 valence electrons. The standard InChI is InChI=1S/C16H17BrN4O3/c1-9(2)13(23-11-6-4-10(17)5-7-11)14-19-15(24-20-14)12-8-18-16(22)21(12)3/h4-9,13H,1-3H3,(H,18,22). The first-order valence-electron chi connectivity index (χ1n) is 7.46. The second-order valence-electron chi connectivity index (χ2n) is 5.73. The number of nitrogens with zero attached hydrogens (tertiary/aromatic N) is 3. The van der Waals surface area contributed by atoms with E-state index in [0.717, 1.165) is 10.2 Å². The maximum Gasteiger partial charge on any atom is 0.325 e. The first kappa shape index (κ1) is 16.5. The molecule has 3 aromatic rings. The normalized spacial score (nSPS) is 12.5. The summed E-state index contributed by atoms with van der Waals surface area (Å²) in [5, 5.41) is 4.03. The van der Waals surface area contributed by atoms with Crippen LogP contribution in [0.4, 0.5) is 0 Å². The summed E-state index contributed by atoms with van der Waals surface area (Å²) in [4.78, 5) is 18.5. The maximum absolute atomic E-state index is 11.5. The van der Waals surface area contributed by atoms with Crippen molar-refractivity contribution >= 4 is 15.9 Å². The van der Waals surface area contributed by atoms with E-state index in [-0.39, 0.29) is 23.6 Å². The molecule has 7 nitrogen and oxygen atoms in total. The quantitative estimate of drug-likeness (QED) is 0.719. The lowest BCUT2D eigenvalue weighted by atomic mass is 10.1. The lowest BCUT2D eigenvalue weighted by Crippen LogP contribution is -2.16. The first-order chi connectivity index (χ1) is 11.5. The molecule has 1 aromatic carbocycles. The Bertz CT molecular complexity index is 879. The van der Waals surface area contributed by atoms with E-state index >= 15 is 0 Å². The highest BCUT2D eigenvalue weighted by molar-refractivity contribution is 9.10. The number of aromatic nitrogens is 4. The van der Waals surface area contributed by atoms with Crippen molar-refractivity contribution in [3.05, 3.63) is 51.2 Å². The smallest absolute Gasteiger partial charge is 0.325 e. The van der Waals surface area contributed by atoms with E-state index in [1.165, 1.54) is 4.57 Å². The van der Waals surface area contributed by atoms with E-state index in [4.69, 9.17) is 9.26 Å². The molecular weight excluding hydrogens is 376 g/mol. The second-order valence-corrected chi connectivity index (χ2v) is 6.65. The molecule has 0 saturated carbocycles. The van der Waals surface area contributed by atoms with Gasteiger partial charge in [0.15, 0.2) is 6.10 Å². The van der Waals surface area contributed by atoms with Gasteiger partial charge in [-0.3, -0.25) is 4.57 Å². The summed E-state index contributed by atoms with van der Waals surface area (Å²) in [6.07, 6.45) is 1.18. The van der Waals surface area contributed by atoms with E-state index < -0.39 is 0 Å². The molecule has 2 heterocycles. The van der Waals surface area contributed by atoms with Crippen LogP contribution in [0, 0.1) is 5.92 Å². The molecule has 0 aliphatic rings. The molecule has 3 rings (SSSR count). The van der Waals surface area contributed by atoms with E-state index in [1.54, 1.807) is 13.2 Å². The van der Waals surface area contributed by atoms with Crippen LogP contribution in [0.1, 0.15) is 25.8 Å². The van der Waals surface area contributed by atoms with Crippen molar-refractivity contribution in [2.45, 2.75) is 20.0 Å². The van der Waals surface area contributed by atoms with Crippen LogP contribution in [0.2, 0.25) is 0 Å². The van der Waals surface area contributed by atoms with Gasteiger partial charge in [0.05, 0.1) is 0 Å². The topological polar surface area (TPSA) is 85.9 Å². The number of ether oxygens (including phenoxy) is 1. The molecular formula is C16H17BrN4O3. The molecule has 0 aliphatic carbocycles. The number of benzene rings is 1. The van der Waals surface area contributed by atoms with Crippen molar-refractivity contribution in [3.63, 3.8) is 0 Å². The van der Waals surface area contributed by atoms with E-state index in [1.807, 2.05) is 38.1 Å². The van der Waals surface area contributed by atoms with Crippen molar-refractivity contribution in [3.8, 4) is 17.3 Å². The van der Waals surface area contributed by atoms with Crippen LogP contribution in [-0.4, -0.2) is 19.7 Å². The van der Waals surface area contributed by atoms with Gasteiger partial charge in [0.25, 0.3) is 5.89 Å². The molecule has 2 aromatic heterocycles. The van der Waals surface area contributed by atoms with Gasteiger partial charge in [-0.2, -0.15) is 4.98 Å². The average molecular weight is 393 g/mol. The summed E-state index contributed by atoms with van der Waals surface area (Å²) in [6.45, 7) is 4.04. The number of hydrogen-bond donors (Lipinski definition) is 1. The molecule has 1 atom stereocenters. The summed E-state index contributed by atoms with van der Waals surface area (Å²) in [5.41, 5.74) is 0.293. The van der Waals surface area contributed by atoms with E-state index in [9.17, 15) is 4.79 Å². The molecule has 0 radical (unpaired) electrons. The van der Waals surface area contributed by atoms with E-state index in [0.29, 0.717) is 11.5 Å². The lowest BCUT2D eigenvalue weighted by Gasteiger charge is -2.19. The van der Waals surface area contributed by atoms with Crippen LogP contribution in [0.3, 0.4) is 0 Å². The monoisotopic (exact) mass is 392 g/mol. The predicted octanol–water partition coefficient (Wildman–Crippen LogP) is 3.30. The molecule has 0 aliphatic heterocycles. The minimum Gasteiger partial charge on any atom is -0.482 e. The molecule has 1 unspecified atom stereocenters. The zero-order valence-electron chi connectivity index (χ0n) is 13.5. The fourth-order valence-corrected chi connectivity index (χ4v) is 2.50. The average Bonchev–Trinajstić information content (AvgIpc) is 3.14. The van der Waals surface area contributed by atoms with Crippen molar-refractivity contribution < 1.29 is 9.26 Å². The van der Waals surface area contributed by atoms with Gasteiger partial charge >= 0.3 is 5.69 Å². The Balaban J connectivity index is 1.88. The molecule has 1 N–H and O–H groups in total. The minimum absolute atomic E-state index is 0.133. The van der Waals surface area contributed by atoms with Gasteiger partial charge in [-0.1, -0.05) is 34.9 Å². The second kappa shape index (κ2) is 6.64. The SMILES string of the molecule is CC(C)C(Oc1ccc(Br)cc1)c1noc(-c2c[nH]c(=O)n2C)n1. The summed E-state index contributed by atoms with van der Waals surface area (Å²) >= 11 is 3.40. The van der Waals surface area contributed by atoms with Crippen molar-refractivity contribution in [1.82, 2.24) is 19.7 Å².